The summed E-state index contributed by atoms with van der Waals surface area (Å²) in [5.74, 6) is 0.372. The molecule has 1 atom stereocenters. The van der Waals surface area contributed by atoms with Crippen molar-refractivity contribution in [3.63, 3.8) is 0 Å². The number of nitrogens with one attached hydrogen (secondary N) is 1. The van der Waals surface area contributed by atoms with Gasteiger partial charge in [-0.1, -0.05) is 24.3 Å². The zero-order valence-electron chi connectivity index (χ0n) is 16.7. The number of piperazine rings is 1. The van der Waals surface area contributed by atoms with Crippen molar-refractivity contribution in [3.05, 3.63) is 84.4 Å². The predicted molar refractivity (Wildman–Crippen MR) is 124 cm³/mol. The monoisotopic (exact) mass is 463 g/mol. The van der Waals surface area contributed by atoms with Crippen molar-refractivity contribution in [2.24, 2.45) is 0 Å². The third-order valence-corrected chi connectivity index (χ3v) is 4.97. The third kappa shape index (κ3) is 6.17. The molecule has 164 valence electrons. The Bertz CT molecular complexity index is 974. The van der Waals surface area contributed by atoms with Gasteiger partial charge in [0, 0.05) is 31.4 Å². The van der Waals surface area contributed by atoms with E-state index in [1.54, 1.807) is 24.5 Å². The minimum absolute atomic E-state index is 0. The first-order valence-corrected chi connectivity index (χ1v) is 9.61. The maximum atomic E-state index is 13.2. The number of halogens is 3. The standard InChI is InChI=1S/C23H22FN3O2.2ClH/c24-20-8-6-17(7-9-20)18-3-1-4-19(13-18)23(28)27-12-11-26-14-21(27)16-29-22-5-2-10-25-15-22;;/h1-10,13,15,21,26H,11-12,14,16H2;2*1H. The molecule has 1 saturated heterocycles. The maximum Gasteiger partial charge on any atom is 0.254 e. The molecule has 1 aromatic heterocycles. The largest absolute Gasteiger partial charge is 0.490 e. The zero-order valence-corrected chi connectivity index (χ0v) is 18.4. The summed E-state index contributed by atoms with van der Waals surface area (Å²) in [6.45, 7) is 2.42. The molecule has 31 heavy (non-hydrogen) atoms. The molecule has 8 heteroatoms. The summed E-state index contributed by atoms with van der Waals surface area (Å²) in [5.41, 5.74) is 2.37. The summed E-state index contributed by atoms with van der Waals surface area (Å²) < 4.78 is 19.0. The molecule has 1 aliphatic heterocycles. The van der Waals surface area contributed by atoms with Gasteiger partial charge in [0.15, 0.2) is 0 Å². The Kier molecular flexibility index (Phi) is 9.24. The first-order valence-electron chi connectivity index (χ1n) is 9.61. The average Bonchev–Trinajstić information content (AvgIpc) is 2.79. The average molecular weight is 464 g/mol. The molecule has 4 rings (SSSR count). The van der Waals surface area contributed by atoms with E-state index in [4.69, 9.17) is 4.74 Å². The fourth-order valence-electron chi connectivity index (χ4n) is 3.44. The molecule has 1 fully saturated rings. The molecule has 2 aromatic carbocycles. The molecule has 1 unspecified atom stereocenters. The van der Waals surface area contributed by atoms with Crippen molar-refractivity contribution in [2.45, 2.75) is 6.04 Å². The smallest absolute Gasteiger partial charge is 0.254 e. The number of hydrogen-bond acceptors (Lipinski definition) is 4. The van der Waals surface area contributed by atoms with Gasteiger partial charge in [-0.05, 0) is 47.5 Å². The van der Waals surface area contributed by atoms with Crippen molar-refractivity contribution in [1.29, 1.82) is 0 Å². The Balaban J connectivity index is 0.00000171. The molecular formula is C23H24Cl2FN3O2. The fourth-order valence-corrected chi connectivity index (χ4v) is 3.44. The van der Waals surface area contributed by atoms with Crippen molar-refractivity contribution in [2.75, 3.05) is 26.2 Å². The maximum absolute atomic E-state index is 13.2. The van der Waals surface area contributed by atoms with E-state index in [0.717, 1.165) is 17.7 Å². The summed E-state index contributed by atoms with van der Waals surface area (Å²) in [7, 11) is 0. The van der Waals surface area contributed by atoms with Gasteiger partial charge in [-0.15, -0.1) is 24.8 Å². The van der Waals surface area contributed by atoms with Gasteiger partial charge >= 0.3 is 0 Å². The fraction of sp³-hybridized carbons (Fsp3) is 0.217. The number of ether oxygens (including phenoxy) is 1. The molecule has 2 heterocycles. The normalized spacial score (nSPS) is 15.4. The van der Waals surface area contributed by atoms with Gasteiger partial charge in [-0.3, -0.25) is 9.78 Å². The highest BCUT2D eigenvalue weighted by atomic mass is 35.5. The second-order valence-electron chi connectivity index (χ2n) is 6.94. The van der Waals surface area contributed by atoms with Crippen LogP contribution in [0.2, 0.25) is 0 Å². The van der Waals surface area contributed by atoms with E-state index < -0.39 is 0 Å². The molecule has 3 aromatic rings. The van der Waals surface area contributed by atoms with Crippen LogP contribution in [0.1, 0.15) is 10.4 Å². The van der Waals surface area contributed by atoms with Gasteiger partial charge < -0.3 is 15.0 Å². The zero-order chi connectivity index (χ0) is 20.1. The van der Waals surface area contributed by atoms with Crippen LogP contribution in [0.3, 0.4) is 0 Å². The van der Waals surface area contributed by atoms with E-state index in [-0.39, 0.29) is 42.6 Å². The molecule has 1 aliphatic rings. The molecule has 0 aliphatic carbocycles. The summed E-state index contributed by atoms with van der Waals surface area (Å²) in [5, 5.41) is 3.32. The number of rotatable bonds is 5. The number of hydrogen-bond donors (Lipinski definition) is 1. The van der Waals surface area contributed by atoms with E-state index in [1.807, 2.05) is 41.3 Å². The molecule has 0 bridgehead atoms. The Morgan fingerprint density at radius 3 is 2.65 bits per heavy atom. The third-order valence-electron chi connectivity index (χ3n) is 4.97. The van der Waals surface area contributed by atoms with Gasteiger partial charge in [0.25, 0.3) is 5.91 Å². The lowest BCUT2D eigenvalue weighted by Gasteiger charge is -2.36. The van der Waals surface area contributed by atoms with Crippen LogP contribution in [0, 0.1) is 5.82 Å². The number of amides is 1. The van der Waals surface area contributed by atoms with Crippen LogP contribution >= 0.6 is 24.8 Å². The van der Waals surface area contributed by atoms with E-state index in [0.29, 0.717) is 31.0 Å². The van der Waals surface area contributed by atoms with Crippen LogP contribution in [0.5, 0.6) is 5.75 Å². The molecular weight excluding hydrogens is 440 g/mol. The second-order valence-corrected chi connectivity index (χ2v) is 6.94. The first kappa shape index (κ1) is 24.6. The van der Waals surface area contributed by atoms with Crippen LogP contribution in [0.25, 0.3) is 11.1 Å². The van der Waals surface area contributed by atoms with E-state index in [9.17, 15) is 9.18 Å². The lowest BCUT2D eigenvalue weighted by atomic mass is 10.0. The highest BCUT2D eigenvalue weighted by Gasteiger charge is 2.28. The SMILES string of the molecule is Cl.Cl.O=C(c1cccc(-c2ccc(F)cc2)c1)N1CCNCC1COc1cccnc1. The van der Waals surface area contributed by atoms with Gasteiger partial charge in [-0.2, -0.15) is 0 Å². The summed E-state index contributed by atoms with van der Waals surface area (Å²) in [6, 6.07) is 17.3. The summed E-state index contributed by atoms with van der Waals surface area (Å²) in [6.07, 6.45) is 3.35. The summed E-state index contributed by atoms with van der Waals surface area (Å²) in [4.78, 5) is 19.1. The molecule has 0 radical (unpaired) electrons. The molecule has 0 saturated carbocycles. The molecule has 1 amide bonds. The van der Waals surface area contributed by atoms with Crippen molar-refractivity contribution >= 4 is 30.7 Å². The predicted octanol–water partition coefficient (Wildman–Crippen LogP) is 4.22. The minimum Gasteiger partial charge on any atom is -0.490 e. The Hall–Kier alpha value is -2.67. The molecule has 1 N–H and O–H groups in total. The van der Waals surface area contributed by atoms with E-state index >= 15 is 0 Å². The van der Waals surface area contributed by atoms with Crippen LogP contribution < -0.4 is 10.1 Å². The lowest BCUT2D eigenvalue weighted by molar-refractivity contribution is 0.0559. The molecule has 5 nitrogen and oxygen atoms in total. The van der Waals surface area contributed by atoms with Gasteiger partial charge in [0.05, 0.1) is 12.2 Å². The van der Waals surface area contributed by atoms with Crippen LogP contribution in [0.4, 0.5) is 4.39 Å². The van der Waals surface area contributed by atoms with Gasteiger partial charge in [0.1, 0.15) is 18.2 Å². The second kappa shape index (κ2) is 11.6. The molecule has 0 spiro atoms. The number of benzene rings is 2. The van der Waals surface area contributed by atoms with Gasteiger partial charge in [-0.25, -0.2) is 4.39 Å². The van der Waals surface area contributed by atoms with Crippen LogP contribution in [0.15, 0.2) is 73.1 Å². The first-order chi connectivity index (χ1) is 14.2. The number of carbonyl (C=O) groups excluding carboxylic acids is 1. The number of pyridine rings is 1. The minimum atomic E-state index is -0.279. The number of nitrogens with zero attached hydrogens (tertiary/aromatic N) is 2. The van der Waals surface area contributed by atoms with Crippen molar-refractivity contribution in [1.82, 2.24) is 15.2 Å². The Morgan fingerprint density at radius 1 is 1.10 bits per heavy atom. The van der Waals surface area contributed by atoms with Crippen molar-refractivity contribution in [3.8, 4) is 16.9 Å². The topological polar surface area (TPSA) is 54.5 Å². The Labute approximate surface area is 193 Å². The van der Waals surface area contributed by atoms with Crippen LogP contribution in [-0.4, -0.2) is 48.1 Å². The van der Waals surface area contributed by atoms with Crippen LogP contribution in [-0.2, 0) is 0 Å². The highest BCUT2D eigenvalue weighted by Crippen LogP contribution is 2.22. The van der Waals surface area contributed by atoms with E-state index in [2.05, 4.69) is 10.3 Å². The quantitative estimate of drug-likeness (QED) is 0.615. The Morgan fingerprint density at radius 2 is 1.90 bits per heavy atom. The number of carbonyl (C=O) groups is 1. The van der Waals surface area contributed by atoms with Crippen molar-refractivity contribution < 1.29 is 13.9 Å². The van der Waals surface area contributed by atoms with Gasteiger partial charge in [0.2, 0.25) is 0 Å². The van der Waals surface area contributed by atoms with E-state index in [1.165, 1.54) is 12.1 Å². The number of aromatic nitrogens is 1. The summed E-state index contributed by atoms with van der Waals surface area (Å²) >= 11 is 0. The lowest BCUT2D eigenvalue weighted by Crippen LogP contribution is -2.55. The highest BCUT2D eigenvalue weighted by molar-refractivity contribution is 5.95.